The third-order valence-corrected chi connectivity index (χ3v) is 7.35. The van der Waals surface area contributed by atoms with Crippen molar-refractivity contribution in [2.75, 3.05) is 4.72 Å². The van der Waals surface area contributed by atoms with Gasteiger partial charge in [0.15, 0.2) is 0 Å². The summed E-state index contributed by atoms with van der Waals surface area (Å²) >= 11 is 3.59. The number of nitrogens with one attached hydrogen (secondary N) is 1. The number of hydrogen-bond donors (Lipinski definition) is 1. The van der Waals surface area contributed by atoms with Crippen LogP contribution in [-0.4, -0.2) is 12.8 Å². The van der Waals surface area contributed by atoms with Crippen molar-refractivity contribution >= 4 is 42.9 Å². The molecule has 0 fully saturated rings. The minimum Gasteiger partial charge on any atom is -0.301 e. The summed E-state index contributed by atoms with van der Waals surface area (Å²) in [7, 11) is -3.73. The highest BCUT2D eigenvalue weighted by atomic mass is 79.9. The maximum Gasteiger partial charge on any atom is 0.263 e. The number of halogens is 1. The Kier molecular flexibility index (Phi) is 5.71. The van der Waals surface area contributed by atoms with E-state index in [-0.39, 0.29) is 10.3 Å². The van der Waals surface area contributed by atoms with E-state index in [0.717, 1.165) is 33.1 Å². The van der Waals surface area contributed by atoms with Crippen molar-refractivity contribution < 1.29 is 8.42 Å². The summed E-state index contributed by atoms with van der Waals surface area (Å²) in [5.41, 5.74) is 4.08. The van der Waals surface area contributed by atoms with Gasteiger partial charge in [-0.2, -0.15) is 0 Å². The van der Waals surface area contributed by atoms with Crippen molar-refractivity contribution in [1.29, 1.82) is 0 Å². The van der Waals surface area contributed by atoms with Crippen LogP contribution in [0.2, 0.25) is 0 Å². The Morgan fingerprint density at radius 2 is 1.77 bits per heavy atom. The van der Waals surface area contributed by atoms with Crippen molar-refractivity contribution in [2.24, 2.45) is 0 Å². The fourth-order valence-corrected chi connectivity index (χ4v) is 5.02. The molecule has 1 aliphatic rings. The average Bonchev–Trinajstić information content (AvgIpc) is 2.99. The molecule has 0 spiro atoms. The van der Waals surface area contributed by atoms with Crippen LogP contribution in [0, 0.1) is 0 Å². The SMILES string of the molecule is CC(C)(C)c1ccc(S(=O)(=O)Nc2ccc(Br)c3cc(C4=CCC=CC=C4)cn23)cc1. The van der Waals surface area contributed by atoms with Gasteiger partial charge < -0.3 is 4.40 Å². The lowest BCUT2D eigenvalue weighted by Gasteiger charge is -2.19. The van der Waals surface area contributed by atoms with Gasteiger partial charge in [0, 0.05) is 16.2 Å². The van der Waals surface area contributed by atoms with E-state index in [9.17, 15) is 8.42 Å². The molecule has 0 saturated heterocycles. The highest BCUT2D eigenvalue weighted by Gasteiger charge is 2.19. The summed E-state index contributed by atoms with van der Waals surface area (Å²) in [5, 5.41) is 0. The number of fused-ring (bicyclic) bond motifs is 1. The molecule has 0 atom stereocenters. The van der Waals surface area contributed by atoms with Crippen LogP contribution >= 0.6 is 15.9 Å². The van der Waals surface area contributed by atoms with E-state index in [2.05, 4.69) is 65.7 Å². The number of sulfonamides is 1. The zero-order chi connectivity index (χ0) is 22.2. The molecule has 1 aromatic carbocycles. The zero-order valence-electron chi connectivity index (χ0n) is 17.8. The van der Waals surface area contributed by atoms with Gasteiger partial charge in [0.2, 0.25) is 0 Å². The number of rotatable bonds is 4. The summed E-state index contributed by atoms with van der Waals surface area (Å²) in [6.07, 6.45) is 13.2. The molecule has 0 bridgehead atoms. The number of anilines is 1. The van der Waals surface area contributed by atoms with Crippen LogP contribution in [0.4, 0.5) is 5.82 Å². The summed E-state index contributed by atoms with van der Waals surface area (Å²) in [4.78, 5) is 0.240. The maximum absolute atomic E-state index is 13.1. The smallest absolute Gasteiger partial charge is 0.263 e. The predicted octanol–water partition coefficient (Wildman–Crippen LogP) is 6.70. The molecule has 2 heterocycles. The fourth-order valence-electron chi connectivity index (χ4n) is 3.53. The Balaban J connectivity index is 1.71. The van der Waals surface area contributed by atoms with Gasteiger partial charge in [0.05, 0.1) is 10.4 Å². The molecule has 0 saturated carbocycles. The van der Waals surface area contributed by atoms with Crippen LogP contribution in [0.15, 0.2) is 88.4 Å². The summed E-state index contributed by atoms with van der Waals surface area (Å²) in [6.45, 7) is 6.31. The van der Waals surface area contributed by atoms with Crippen molar-refractivity contribution in [3.63, 3.8) is 0 Å². The molecule has 1 aliphatic carbocycles. The molecule has 4 nitrogen and oxygen atoms in total. The Bertz CT molecular complexity index is 1320. The molecule has 1 N–H and O–H groups in total. The van der Waals surface area contributed by atoms with Gasteiger partial charge in [0.25, 0.3) is 10.0 Å². The predicted molar refractivity (Wildman–Crippen MR) is 132 cm³/mol. The van der Waals surface area contributed by atoms with Crippen LogP contribution in [0.1, 0.15) is 38.3 Å². The molecule has 0 radical (unpaired) electrons. The third-order valence-electron chi connectivity index (χ3n) is 5.31. The van der Waals surface area contributed by atoms with Gasteiger partial charge in [0.1, 0.15) is 5.82 Å². The van der Waals surface area contributed by atoms with Crippen LogP contribution in [0.25, 0.3) is 11.1 Å². The maximum atomic E-state index is 13.1. The first kappa shape index (κ1) is 21.7. The van der Waals surface area contributed by atoms with Crippen LogP contribution in [-0.2, 0) is 15.4 Å². The first-order chi connectivity index (χ1) is 14.6. The zero-order valence-corrected chi connectivity index (χ0v) is 20.2. The number of nitrogens with zero attached hydrogens (tertiary/aromatic N) is 1. The van der Waals surface area contributed by atoms with Gasteiger partial charge >= 0.3 is 0 Å². The number of allylic oxidation sites excluding steroid dienone is 6. The van der Waals surface area contributed by atoms with E-state index in [0.29, 0.717) is 5.82 Å². The monoisotopic (exact) mass is 496 g/mol. The molecule has 2 aromatic heterocycles. The van der Waals surface area contributed by atoms with E-state index < -0.39 is 10.0 Å². The number of benzene rings is 1. The van der Waals surface area contributed by atoms with Gasteiger partial charge in [-0.05, 0) is 69.2 Å². The first-order valence-corrected chi connectivity index (χ1v) is 12.4. The molecular weight excluding hydrogens is 472 g/mol. The number of pyridine rings is 1. The fraction of sp³-hybridized carbons (Fsp3) is 0.200. The van der Waals surface area contributed by atoms with E-state index in [1.807, 2.05) is 40.9 Å². The molecule has 0 unspecified atom stereocenters. The van der Waals surface area contributed by atoms with Crippen molar-refractivity contribution in [1.82, 2.24) is 4.40 Å². The van der Waals surface area contributed by atoms with Crippen molar-refractivity contribution in [3.05, 3.63) is 94.6 Å². The Labute approximate surface area is 192 Å². The Morgan fingerprint density at radius 1 is 1.03 bits per heavy atom. The van der Waals surface area contributed by atoms with Crippen molar-refractivity contribution in [3.8, 4) is 0 Å². The molecule has 31 heavy (non-hydrogen) atoms. The van der Waals surface area contributed by atoms with Crippen molar-refractivity contribution in [2.45, 2.75) is 37.5 Å². The molecule has 0 aliphatic heterocycles. The van der Waals surface area contributed by atoms with Gasteiger partial charge in [-0.15, -0.1) is 0 Å². The minimum atomic E-state index is -3.73. The Hall–Kier alpha value is -2.57. The number of aromatic nitrogens is 1. The van der Waals surface area contributed by atoms with Crippen LogP contribution in [0.5, 0.6) is 0 Å². The normalized spacial score (nSPS) is 14.5. The van der Waals surface area contributed by atoms with Crippen LogP contribution in [0.3, 0.4) is 0 Å². The second-order valence-corrected chi connectivity index (χ2v) is 11.1. The van der Waals surface area contributed by atoms with E-state index in [4.69, 9.17) is 0 Å². The van der Waals surface area contributed by atoms with Crippen LogP contribution < -0.4 is 4.72 Å². The molecule has 6 heteroatoms. The van der Waals surface area contributed by atoms with Gasteiger partial charge in [-0.3, -0.25) is 4.72 Å². The highest BCUT2D eigenvalue weighted by molar-refractivity contribution is 9.10. The summed E-state index contributed by atoms with van der Waals surface area (Å²) in [6, 6.07) is 12.8. The molecule has 0 amide bonds. The minimum absolute atomic E-state index is 0.0359. The van der Waals surface area contributed by atoms with Gasteiger partial charge in [-0.1, -0.05) is 63.3 Å². The van der Waals surface area contributed by atoms with E-state index in [1.165, 1.54) is 0 Å². The van der Waals surface area contributed by atoms with E-state index in [1.54, 1.807) is 18.2 Å². The second kappa shape index (κ2) is 8.17. The van der Waals surface area contributed by atoms with E-state index >= 15 is 0 Å². The third kappa shape index (κ3) is 4.55. The molecule has 4 rings (SSSR count). The largest absolute Gasteiger partial charge is 0.301 e. The lowest BCUT2D eigenvalue weighted by molar-refractivity contribution is 0.587. The Morgan fingerprint density at radius 3 is 2.48 bits per heavy atom. The lowest BCUT2D eigenvalue weighted by Crippen LogP contribution is -2.16. The topological polar surface area (TPSA) is 50.6 Å². The average molecular weight is 497 g/mol. The standard InChI is InChI=1S/C25H25BrN2O2S/c1-25(2,3)20-10-12-21(13-11-20)31(29,30)27-24-15-14-22(26)23-16-19(17-28(23)24)18-8-6-4-5-7-9-18/h4-6,8-17,27H,7H2,1-3H3. The quantitative estimate of drug-likeness (QED) is 0.436. The summed E-state index contributed by atoms with van der Waals surface area (Å²) in [5.74, 6) is 0.487. The second-order valence-electron chi connectivity index (χ2n) is 8.61. The summed E-state index contributed by atoms with van der Waals surface area (Å²) < 4.78 is 31.7. The number of hydrogen-bond acceptors (Lipinski definition) is 2. The van der Waals surface area contributed by atoms with Gasteiger partial charge in [-0.25, -0.2) is 8.42 Å². The molecule has 3 aromatic rings. The highest BCUT2D eigenvalue weighted by Crippen LogP contribution is 2.30. The lowest BCUT2D eigenvalue weighted by atomic mass is 9.87. The first-order valence-electron chi connectivity index (χ1n) is 10.1. The molecule has 160 valence electrons. The molecular formula is C25H25BrN2O2S.